The fourth-order valence-corrected chi connectivity index (χ4v) is 5.41. The molecule has 1 heterocycles. The second kappa shape index (κ2) is 11.5. The predicted octanol–water partition coefficient (Wildman–Crippen LogP) is 7.35. The topological polar surface area (TPSA) is 58.6 Å². The molecule has 1 aliphatic rings. The number of carbonyl (C=O) groups is 2. The highest BCUT2D eigenvalue weighted by Crippen LogP contribution is 2.42. The highest BCUT2D eigenvalue weighted by atomic mass is 32.2. The fourth-order valence-electron chi connectivity index (χ4n) is 4.35. The molecule has 9 heteroatoms. The molecule has 0 saturated heterocycles. The van der Waals surface area contributed by atoms with E-state index in [9.17, 15) is 22.8 Å². The van der Waals surface area contributed by atoms with Gasteiger partial charge in [0.05, 0.1) is 30.0 Å². The molecular weight excluding hydrogens is 537 g/mol. The number of ether oxygens (including phenoxy) is 1. The number of benzene rings is 4. The molecule has 0 aromatic heterocycles. The fraction of sp³-hybridized carbons (Fsp3) is 0.161. The Balaban J connectivity index is 1.43. The maximum Gasteiger partial charge on any atom is 0.416 e. The van der Waals surface area contributed by atoms with Crippen LogP contribution in [-0.4, -0.2) is 18.4 Å². The van der Waals surface area contributed by atoms with E-state index in [4.69, 9.17) is 4.74 Å². The number of hydrogen-bond donors (Lipinski definition) is 1. The Bertz CT molecular complexity index is 1540. The standard InChI is InChI=1S/C31H25F3N2O3S/c1-2-39-24-14-9-20(10-15-24)18-35-29(37)22-11-16-28-26(17-22)36(30(38)25-5-3-4-6-27(25)40-28)19-21-7-12-23(13-8-21)31(32,33)34/h3-17H,2,18-19H2,1H3,(H,35,37). The highest BCUT2D eigenvalue weighted by molar-refractivity contribution is 7.99. The SMILES string of the molecule is CCOc1ccc(CNC(=O)c2ccc3c(c2)N(Cc2ccc(C(F)(F)F)cc2)C(=O)c2ccccc2S3)cc1. The van der Waals surface area contributed by atoms with Gasteiger partial charge in [0.1, 0.15) is 5.75 Å². The van der Waals surface area contributed by atoms with Crippen LogP contribution < -0.4 is 15.0 Å². The van der Waals surface area contributed by atoms with Gasteiger partial charge in [0.2, 0.25) is 0 Å². The molecule has 4 aromatic carbocycles. The van der Waals surface area contributed by atoms with Crippen LogP contribution in [0.1, 0.15) is 44.3 Å². The van der Waals surface area contributed by atoms with E-state index in [-0.39, 0.29) is 18.4 Å². The maximum atomic E-state index is 13.7. The van der Waals surface area contributed by atoms with E-state index in [1.54, 1.807) is 30.3 Å². The molecule has 0 saturated carbocycles. The van der Waals surface area contributed by atoms with Crippen LogP contribution in [0.2, 0.25) is 0 Å². The van der Waals surface area contributed by atoms with Crippen LogP contribution in [0.3, 0.4) is 0 Å². The second-order valence-corrected chi connectivity index (χ2v) is 10.2. The smallest absolute Gasteiger partial charge is 0.416 e. The Morgan fingerprint density at radius 3 is 2.30 bits per heavy atom. The van der Waals surface area contributed by atoms with Crippen molar-refractivity contribution in [3.8, 4) is 5.75 Å². The molecule has 2 amide bonds. The van der Waals surface area contributed by atoms with E-state index >= 15 is 0 Å². The average molecular weight is 563 g/mol. The van der Waals surface area contributed by atoms with Gasteiger partial charge < -0.3 is 15.0 Å². The van der Waals surface area contributed by atoms with Crippen LogP contribution in [0.15, 0.2) is 101 Å². The zero-order chi connectivity index (χ0) is 28.3. The lowest BCUT2D eigenvalue weighted by molar-refractivity contribution is -0.137. The Hall–Kier alpha value is -4.24. The summed E-state index contributed by atoms with van der Waals surface area (Å²) >= 11 is 1.41. The van der Waals surface area contributed by atoms with E-state index in [1.807, 2.05) is 43.3 Å². The van der Waals surface area contributed by atoms with Gasteiger partial charge in [-0.1, -0.05) is 48.2 Å². The van der Waals surface area contributed by atoms with E-state index in [0.717, 1.165) is 33.2 Å². The lowest BCUT2D eigenvalue weighted by Crippen LogP contribution is -2.31. The van der Waals surface area contributed by atoms with E-state index in [2.05, 4.69) is 5.32 Å². The summed E-state index contributed by atoms with van der Waals surface area (Å²) < 4.78 is 44.7. The third-order valence-electron chi connectivity index (χ3n) is 6.40. The third-order valence-corrected chi connectivity index (χ3v) is 7.54. The number of fused-ring (bicyclic) bond motifs is 2. The van der Waals surface area contributed by atoms with Crippen molar-refractivity contribution in [2.75, 3.05) is 11.5 Å². The molecule has 5 nitrogen and oxygen atoms in total. The molecule has 1 N–H and O–H groups in total. The van der Waals surface area contributed by atoms with Crippen LogP contribution in [0.4, 0.5) is 18.9 Å². The third kappa shape index (κ3) is 5.99. The van der Waals surface area contributed by atoms with Crippen LogP contribution in [0, 0.1) is 0 Å². The summed E-state index contributed by atoms with van der Waals surface area (Å²) in [4.78, 5) is 29.9. The maximum absolute atomic E-state index is 13.7. The normalized spacial score (nSPS) is 12.8. The predicted molar refractivity (Wildman–Crippen MR) is 148 cm³/mol. The zero-order valence-corrected chi connectivity index (χ0v) is 22.3. The highest BCUT2D eigenvalue weighted by Gasteiger charge is 2.31. The molecule has 0 aliphatic carbocycles. The van der Waals surface area contributed by atoms with Crippen LogP contribution in [-0.2, 0) is 19.3 Å². The molecule has 5 rings (SSSR count). The number of rotatable bonds is 7. The molecule has 1 aliphatic heterocycles. The van der Waals surface area contributed by atoms with Crippen molar-refractivity contribution in [3.63, 3.8) is 0 Å². The monoisotopic (exact) mass is 562 g/mol. The number of anilines is 1. The molecule has 4 aromatic rings. The number of hydrogen-bond acceptors (Lipinski definition) is 4. The molecule has 0 fully saturated rings. The summed E-state index contributed by atoms with van der Waals surface area (Å²) in [6, 6.07) is 24.5. The molecule has 0 radical (unpaired) electrons. The minimum absolute atomic E-state index is 0.0378. The molecule has 0 spiro atoms. The van der Waals surface area contributed by atoms with Gasteiger partial charge in [0, 0.05) is 21.9 Å². The summed E-state index contributed by atoms with van der Waals surface area (Å²) in [5.74, 6) is 0.138. The lowest BCUT2D eigenvalue weighted by atomic mass is 10.1. The van der Waals surface area contributed by atoms with E-state index < -0.39 is 11.7 Å². The van der Waals surface area contributed by atoms with Gasteiger partial charge in [0.15, 0.2) is 0 Å². The van der Waals surface area contributed by atoms with Crippen molar-refractivity contribution in [1.82, 2.24) is 5.32 Å². The van der Waals surface area contributed by atoms with Crippen LogP contribution in [0.25, 0.3) is 0 Å². The van der Waals surface area contributed by atoms with Gasteiger partial charge in [-0.2, -0.15) is 13.2 Å². The first-order valence-corrected chi connectivity index (χ1v) is 13.4. The molecule has 0 bridgehead atoms. The van der Waals surface area contributed by atoms with Crippen molar-refractivity contribution in [2.45, 2.75) is 36.0 Å². The minimum atomic E-state index is -4.45. The van der Waals surface area contributed by atoms with Gasteiger partial charge in [0.25, 0.3) is 11.8 Å². The van der Waals surface area contributed by atoms with Crippen LogP contribution >= 0.6 is 11.8 Å². The Morgan fingerprint density at radius 2 is 1.60 bits per heavy atom. The minimum Gasteiger partial charge on any atom is -0.494 e. The summed E-state index contributed by atoms with van der Waals surface area (Å²) in [7, 11) is 0. The van der Waals surface area contributed by atoms with E-state index in [0.29, 0.717) is 35.5 Å². The first-order valence-electron chi connectivity index (χ1n) is 12.6. The summed E-state index contributed by atoms with van der Waals surface area (Å²) in [6.45, 7) is 2.81. The number of carbonyl (C=O) groups excluding carboxylic acids is 2. The molecule has 40 heavy (non-hydrogen) atoms. The molecule has 204 valence electrons. The van der Waals surface area contributed by atoms with Crippen molar-refractivity contribution in [2.24, 2.45) is 0 Å². The molecular formula is C31H25F3N2O3S. The molecule has 0 unspecified atom stereocenters. The largest absolute Gasteiger partial charge is 0.494 e. The summed E-state index contributed by atoms with van der Waals surface area (Å²) in [6.07, 6.45) is -4.45. The van der Waals surface area contributed by atoms with Crippen molar-refractivity contribution < 1.29 is 27.5 Å². The van der Waals surface area contributed by atoms with Gasteiger partial charge >= 0.3 is 6.18 Å². The number of amides is 2. The van der Waals surface area contributed by atoms with Crippen molar-refractivity contribution >= 4 is 29.3 Å². The van der Waals surface area contributed by atoms with Crippen molar-refractivity contribution in [3.05, 3.63) is 119 Å². The average Bonchev–Trinajstić information content (AvgIpc) is 3.06. The van der Waals surface area contributed by atoms with Crippen LogP contribution in [0.5, 0.6) is 5.75 Å². The molecule has 0 atom stereocenters. The van der Waals surface area contributed by atoms with Crippen molar-refractivity contribution in [1.29, 1.82) is 0 Å². The second-order valence-electron chi connectivity index (χ2n) is 9.13. The summed E-state index contributed by atoms with van der Waals surface area (Å²) in [5.41, 5.74) is 2.03. The van der Waals surface area contributed by atoms with Gasteiger partial charge in [-0.05, 0) is 72.6 Å². The summed E-state index contributed by atoms with van der Waals surface area (Å²) in [5, 5.41) is 2.91. The number of alkyl halides is 3. The number of halogens is 3. The lowest BCUT2D eigenvalue weighted by Gasteiger charge is -2.24. The van der Waals surface area contributed by atoms with Gasteiger partial charge in [-0.25, -0.2) is 0 Å². The zero-order valence-electron chi connectivity index (χ0n) is 21.5. The Kier molecular flexibility index (Phi) is 7.84. The number of nitrogens with one attached hydrogen (secondary N) is 1. The first kappa shape index (κ1) is 27.3. The Morgan fingerprint density at radius 1 is 0.900 bits per heavy atom. The number of nitrogens with zero attached hydrogens (tertiary/aromatic N) is 1. The Labute approximate surface area is 234 Å². The quantitative estimate of drug-likeness (QED) is 0.256. The first-order chi connectivity index (χ1) is 19.2. The van der Waals surface area contributed by atoms with Gasteiger partial charge in [-0.15, -0.1) is 0 Å². The van der Waals surface area contributed by atoms with E-state index in [1.165, 1.54) is 28.8 Å². The van der Waals surface area contributed by atoms with Gasteiger partial charge in [-0.3, -0.25) is 9.59 Å².